The lowest BCUT2D eigenvalue weighted by molar-refractivity contribution is 0.0993. The number of carbonyl (C=O) groups is 1. The average molecular weight is 391 g/mol. The van der Waals surface area contributed by atoms with Gasteiger partial charge in [0.2, 0.25) is 0 Å². The van der Waals surface area contributed by atoms with E-state index < -0.39 is 5.91 Å². The molecule has 1 unspecified atom stereocenters. The Kier molecular flexibility index (Phi) is 5.08. The van der Waals surface area contributed by atoms with Gasteiger partial charge < -0.3 is 5.73 Å². The summed E-state index contributed by atoms with van der Waals surface area (Å²) in [5.41, 5.74) is 8.51. The van der Waals surface area contributed by atoms with Gasteiger partial charge in [0.05, 0.1) is 36.4 Å². The van der Waals surface area contributed by atoms with Crippen molar-refractivity contribution in [3.05, 3.63) is 46.9 Å². The van der Waals surface area contributed by atoms with E-state index in [2.05, 4.69) is 21.4 Å². The van der Waals surface area contributed by atoms with Crippen molar-refractivity contribution in [3.8, 4) is 17.2 Å². The largest absolute Gasteiger partial charge is 0.364 e. The Hall–Kier alpha value is -3.54. The van der Waals surface area contributed by atoms with Gasteiger partial charge >= 0.3 is 0 Å². The highest BCUT2D eigenvalue weighted by Gasteiger charge is 2.27. The number of hydrogen-bond donors (Lipinski definition) is 1. The van der Waals surface area contributed by atoms with Crippen molar-refractivity contribution in [2.75, 3.05) is 0 Å². The predicted molar refractivity (Wildman–Crippen MR) is 106 cm³/mol. The van der Waals surface area contributed by atoms with E-state index in [1.54, 1.807) is 18.3 Å². The fourth-order valence-electron chi connectivity index (χ4n) is 4.37. The van der Waals surface area contributed by atoms with Crippen LogP contribution in [0.3, 0.4) is 0 Å². The second-order valence-corrected chi connectivity index (χ2v) is 7.40. The van der Waals surface area contributed by atoms with Crippen molar-refractivity contribution in [2.45, 2.75) is 44.7 Å². The van der Waals surface area contributed by atoms with Crippen LogP contribution in [0.15, 0.2) is 35.9 Å². The number of nitrogens with zero attached hydrogens (tertiary/aromatic N) is 6. The quantitative estimate of drug-likeness (QED) is 0.618. The molecule has 1 fully saturated rings. The van der Waals surface area contributed by atoms with Crippen LogP contribution >= 0.6 is 0 Å². The smallest absolute Gasteiger partial charge is 0.267 e. The average Bonchev–Trinajstić information content (AvgIpc) is 3.46. The second kappa shape index (κ2) is 7.83. The molecule has 0 bridgehead atoms. The lowest BCUT2D eigenvalue weighted by atomic mass is 9.96. The van der Waals surface area contributed by atoms with E-state index in [0.29, 0.717) is 23.4 Å². The van der Waals surface area contributed by atoms with Gasteiger partial charge in [0.1, 0.15) is 12.2 Å². The van der Waals surface area contributed by atoms with Crippen LogP contribution in [0.4, 0.5) is 0 Å². The molecule has 9 nitrogen and oxygen atoms in total. The molecule has 4 rings (SSSR count). The van der Waals surface area contributed by atoms with Crippen molar-refractivity contribution in [3.63, 3.8) is 0 Å². The molecule has 0 spiro atoms. The van der Waals surface area contributed by atoms with Crippen LogP contribution in [0.5, 0.6) is 0 Å². The number of nitroso groups, excluding NO2 is 1. The van der Waals surface area contributed by atoms with Crippen LogP contribution < -0.4 is 5.73 Å². The number of carbonyl (C=O) groups excluding carboxylic acids is 1. The maximum absolute atomic E-state index is 11.7. The molecule has 29 heavy (non-hydrogen) atoms. The predicted octanol–water partition coefficient (Wildman–Crippen LogP) is 3.21. The van der Waals surface area contributed by atoms with E-state index in [4.69, 9.17) is 5.73 Å². The molecular formula is C20H21N7O2. The number of amides is 1. The summed E-state index contributed by atoms with van der Waals surface area (Å²) in [7, 11) is 0. The minimum Gasteiger partial charge on any atom is -0.364 e. The van der Waals surface area contributed by atoms with Gasteiger partial charge in [0, 0.05) is 22.9 Å². The minimum absolute atomic E-state index is 0.0229. The molecule has 0 aromatic carbocycles. The highest BCUT2D eigenvalue weighted by atomic mass is 16.3. The fourth-order valence-corrected chi connectivity index (χ4v) is 4.37. The van der Waals surface area contributed by atoms with E-state index in [0.717, 1.165) is 24.0 Å². The topological polar surface area (TPSA) is 131 Å². The van der Waals surface area contributed by atoms with Crippen molar-refractivity contribution in [2.24, 2.45) is 16.8 Å². The molecule has 0 saturated heterocycles. The van der Waals surface area contributed by atoms with Crippen molar-refractivity contribution < 1.29 is 4.79 Å². The van der Waals surface area contributed by atoms with Gasteiger partial charge in [-0.3, -0.25) is 9.48 Å². The molecule has 148 valence electrons. The molecule has 1 saturated carbocycles. The summed E-state index contributed by atoms with van der Waals surface area (Å²) in [6.45, 7) is -0.0503. The Labute approximate surface area is 167 Å². The summed E-state index contributed by atoms with van der Waals surface area (Å²) in [4.78, 5) is 22.7. The number of nitrogens with two attached hydrogens (primary N) is 1. The van der Waals surface area contributed by atoms with E-state index in [1.807, 2.05) is 10.9 Å². The van der Waals surface area contributed by atoms with Crippen LogP contribution in [0.25, 0.3) is 16.6 Å². The maximum Gasteiger partial charge on any atom is 0.267 e. The summed E-state index contributed by atoms with van der Waals surface area (Å²) >= 11 is 0. The molecule has 3 aromatic heterocycles. The summed E-state index contributed by atoms with van der Waals surface area (Å²) < 4.78 is 3.33. The van der Waals surface area contributed by atoms with Gasteiger partial charge in [-0.05, 0) is 30.9 Å². The first-order valence-electron chi connectivity index (χ1n) is 9.64. The van der Waals surface area contributed by atoms with Crippen LogP contribution in [0.2, 0.25) is 0 Å². The number of rotatable bonds is 7. The van der Waals surface area contributed by atoms with Gasteiger partial charge in [-0.25, -0.2) is 4.52 Å². The number of hydrogen-bond acceptors (Lipinski definition) is 6. The van der Waals surface area contributed by atoms with Crippen molar-refractivity contribution in [1.29, 1.82) is 5.26 Å². The third-order valence-corrected chi connectivity index (χ3v) is 5.72. The monoisotopic (exact) mass is 391 g/mol. The molecule has 9 heteroatoms. The van der Waals surface area contributed by atoms with E-state index in [1.165, 1.54) is 23.6 Å². The van der Waals surface area contributed by atoms with Gasteiger partial charge in [0.25, 0.3) is 5.91 Å². The molecule has 1 aliphatic carbocycles. The van der Waals surface area contributed by atoms with Crippen molar-refractivity contribution >= 4 is 11.4 Å². The SMILES string of the molecule is N#CCC(C1CCCC1)n1cc(-c2c(CN=O)cnn3c(C(N)=O)ccc23)cn1. The normalized spacial score (nSPS) is 15.4. The van der Waals surface area contributed by atoms with Crippen molar-refractivity contribution in [1.82, 2.24) is 19.4 Å². The van der Waals surface area contributed by atoms with E-state index >= 15 is 0 Å². The lowest BCUT2D eigenvalue weighted by Gasteiger charge is -2.21. The fraction of sp³-hybridized carbons (Fsp3) is 0.400. The molecule has 1 atom stereocenters. The Bertz CT molecular complexity index is 1100. The summed E-state index contributed by atoms with van der Waals surface area (Å²) in [5, 5.41) is 21.1. The zero-order valence-corrected chi connectivity index (χ0v) is 15.9. The first kappa shape index (κ1) is 18.8. The Morgan fingerprint density at radius 2 is 2.10 bits per heavy atom. The van der Waals surface area contributed by atoms with Crippen LogP contribution in [-0.2, 0) is 6.54 Å². The zero-order chi connectivity index (χ0) is 20.4. The number of aromatic nitrogens is 4. The number of nitriles is 1. The maximum atomic E-state index is 11.7. The highest BCUT2D eigenvalue weighted by Crippen LogP contribution is 2.37. The molecule has 0 aliphatic heterocycles. The highest BCUT2D eigenvalue weighted by molar-refractivity contribution is 5.94. The molecular weight excluding hydrogens is 370 g/mol. The lowest BCUT2D eigenvalue weighted by Crippen LogP contribution is -2.17. The van der Waals surface area contributed by atoms with Crippen LogP contribution in [0.1, 0.15) is 54.2 Å². The van der Waals surface area contributed by atoms with Gasteiger partial charge in [-0.2, -0.15) is 20.4 Å². The first-order valence-corrected chi connectivity index (χ1v) is 9.64. The minimum atomic E-state index is -0.587. The van der Waals surface area contributed by atoms with E-state index in [9.17, 15) is 15.0 Å². The van der Waals surface area contributed by atoms with Gasteiger partial charge in [-0.1, -0.05) is 18.0 Å². The van der Waals surface area contributed by atoms with E-state index in [-0.39, 0.29) is 18.3 Å². The standard InChI is InChI=1S/C20H21N7O2/c21-8-7-16(13-3-1-2-4-13)26-12-15(10-23-26)19-14(11-25-29)9-24-27-17(19)5-6-18(27)20(22)28/h5-6,9-10,12-13,16H,1-4,7,11H2,(H2,22,28). The summed E-state index contributed by atoms with van der Waals surface area (Å²) in [5.74, 6) is -0.151. The molecule has 2 N–H and O–H groups in total. The molecule has 1 aliphatic rings. The number of primary amides is 1. The number of fused-ring (bicyclic) bond motifs is 1. The summed E-state index contributed by atoms with van der Waals surface area (Å²) in [6.07, 6.45) is 10.1. The second-order valence-electron chi connectivity index (χ2n) is 7.40. The Morgan fingerprint density at radius 1 is 1.31 bits per heavy atom. The first-order chi connectivity index (χ1) is 14.1. The summed E-state index contributed by atoms with van der Waals surface area (Å²) in [6, 6.07) is 5.66. The molecule has 3 heterocycles. The molecule has 0 radical (unpaired) electrons. The molecule has 3 aromatic rings. The third-order valence-electron chi connectivity index (χ3n) is 5.72. The van der Waals surface area contributed by atoms with Gasteiger partial charge in [-0.15, -0.1) is 0 Å². The van der Waals surface area contributed by atoms with Crippen LogP contribution in [-0.4, -0.2) is 25.3 Å². The zero-order valence-electron chi connectivity index (χ0n) is 15.9. The Balaban J connectivity index is 1.82. The van der Waals surface area contributed by atoms with Gasteiger partial charge in [0.15, 0.2) is 0 Å². The molecule has 1 amide bonds. The third kappa shape index (κ3) is 3.38. The van der Waals surface area contributed by atoms with Crippen LogP contribution in [0, 0.1) is 22.2 Å². The Morgan fingerprint density at radius 3 is 2.79 bits per heavy atom.